The molecular formula is C21H21F6N3O2. The molecule has 1 aliphatic carbocycles. The van der Waals surface area contributed by atoms with Crippen LogP contribution in [0.1, 0.15) is 47.3 Å². The summed E-state index contributed by atoms with van der Waals surface area (Å²) in [6.45, 7) is 1.81. The SMILES string of the molecule is Cc1nc(CC2(C(F)F)CC2)c(C2OCCO2)c(NCc2cccc(C(F)(F)F)c2F)n1. The summed E-state index contributed by atoms with van der Waals surface area (Å²) in [5, 5.41) is 2.84. The van der Waals surface area contributed by atoms with E-state index in [1.807, 2.05) is 0 Å². The minimum Gasteiger partial charge on any atom is -0.365 e. The number of nitrogens with zero attached hydrogens (tertiary/aromatic N) is 2. The average Bonchev–Trinajstić information content (AvgIpc) is 3.29. The van der Waals surface area contributed by atoms with Crippen molar-refractivity contribution < 1.29 is 35.8 Å². The number of hydrogen-bond donors (Lipinski definition) is 1. The van der Waals surface area contributed by atoms with Crippen LogP contribution in [-0.2, 0) is 28.6 Å². The number of anilines is 1. The number of alkyl halides is 5. The predicted octanol–water partition coefficient (Wildman–Crippen LogP) is 5.19. The summed E-state index contributed by atoms with van der Waals surface area (Å²) in [7, 11) is 0. The molecule has 0 unspecified atom stereocenters. The Hall–Kier alpha value is -2.40. The van der Waals surface area contributed by atoms with E-state index in [0.717, 1.165) is 6.07 Å². The van der Waals surface area contributed by atoms with Gasteiger partial charge in [-0.3, -0.25) is 0 Å². The summed E-state index contributed by atoms with van der Waals surface area (Å²) in [5.74, 6) is -0.955. The van der Waals surface area contributed by atoms with Crippen molar-refractivity contribution in [3.05, 3.63) is 52.2 Å². The number of rotatable bonds is 7. The lowest BCUT2D eigenvalue weighted by Crippen LogP contribution is -2.21. The Morgan fingerprint density at radius 2 is 1.84 bits per heavy atom. The van der Waals surface area contributed by atoms with E-state index in [0.29, 0.717) is 30.2 Å². The lowest BCUT2D eigenvalue weighted by Gasteiger charge is -2.22. The highest BCUT2D eigenvalue weighted by Gasteiger charge is 2.52. The molecule has 0 amide bonds. The van der Waals surface area contributed by atoms with Gasteiger partial charge in [-0.2, -0.15) is 13.2 Å². The average molecular weight is 461 g/mol. The first-order valence-electron chi connectivity index (χ1n) is 10.1. The van der Waals surface area contributed by atoms with Crippen LogP contribution >= 0.6 is 0 Å². The molecule has 0 bridgehead atoms. The first-order chi connectivity index (χ1) is 15.1. The van der Waals surface area contributed by atoms with Crippen molar-refractivity contribution in [2.75, 3.05) is 18.5 Å². The molecule has 0 radical (unpaired) electrons. The zero-order valence-electron chi connectivity index (χ0n) is 17.1. The standard InChI is InChI=1S/C21H21F6N3O2/c1-11-29-14(9-20(5-6-20)19(23)24)15(18-31-7-8-32-18)17(30-11)28-10-12-3-2-4-13(16(12)22)21(25,26)27/h2-4,18-19H,5-10H2,1H3,(H,28,29,30). The molecular weight excluding hydrogens is 440 g/mol. The molecule has 2 aliphatic rings. The fourth-order valence-electron chi connectivity index (χ4n) is 3.76. The van der Waals surface area contributed by atoms with E-state index in [4.69, 9.17) is 9.47 Å². The largest absolute Gasteiger partial charge is 0.419 e. The van der Waals surface area contributed by atoms with Gasteiger partial charge in [-0.15, -0.1) is 0 Å². The number of halogens is 6. The van der Waals surface area contributed by atoms with Crippen LogP contribution in [0, 0.1) is 18.2 Å². The molecule has 2 aromatic rings. The van der Waals surface area contributed by atoms with E-state index < -0.39 is 35.7 Å². The maximum atomic E-state index is 14.4. The van der Waals surface area contributed by atoms with E-state index >= 15 is 0 Å². The van der Waals surface area contributed by atoms with Gasteiger partial charge in [-0.05, 0) is 25.8 Å². The maximum absolute atomic E-state index is 14.4. The third-order valence-corrected chi connectivity index (χ3v) is 5.70. The van der Waals surface area contributed by atoms with Crippen molar-refractivity contribution in [1.29, 1.82) is 0 Å². The lowest BCUT2D eigenvalue weighted by atomic mass is 9.97. The van der Waals surface area contributed by atoms with Crippen LogP contribution in [0.25, 0.3) is 0 Å². The normalized spacial score (nSPS) is 18.4. The molecule has 0 spiro atoms. The topological polar surface area (TPSA) is 56.3 Å². The maximum Gasteiger partial charge on any atom is 0.419 e. The van der Waals surface area contributed by atoms with Gasteiger partial charge < -0.3 is 14.8 Å². The summed E-state index contributed by atoms with van der Waals surface area (Å²) in [4.78, 5) is 8.61. The van der Waals surface area contributed by atoms with Gasteiger partial charge in [0.2, 0.25) is 6.43 Å². The smallest absolute Gasteiger partial charge is 0.365 e. The van der Waals surface area contributed by atoms with Gasteiger partial charge in [-0.1, -0.05) is 12.1 Å². The number of nitrogens with one attached hydrogen (secondary N) is 1. The highest BCUT2D eigenvalue weighted by molar-refractivity contribution is 5.49. The number of aryl methyl sites for hydroxylation is 1. The molecule has 1 saturated carbocycles. The second-order valence-corrected chi connectivity index (χ2v) is 8.02. The first-order valence-corrected chi connectivity index (χ1v) is 10.1. The Morgan fingerprint density at radius 1 is 1.16 bits per heavy atom. The Balaban J connectivity index is 1.67. The van der Waals surface area contributed by atoms with E-state index in [2.05, 4.69) is 15.3 Å². The monoisotopic (exact) mass is 461 g/mol. The van der Waals surface area contributed by atoms with Gasteiger partial charge in [0.05, 0.1) is 30.0 Å². The van der Waals surface area contributed by atoms with E-state index in [1.54, 1.807) is 6.92 Å². The molecule has 2 heterocycles. The summed E-state index contributed by atoms with van der Waals surface area (Å²) in [6.07, 6.45) is -7.56. The quantitative estimate of drug-likeness (QED) is 0.576. The molecule has 32 heavy (non-hydrogen) atoms. The number of hydrogen-bond acceptors (Lipinski definition) is 5. The van der Waals surface area contributed by atoms with Crippen molar-refractivity contribution in [2.24, 2.45) is 5.41 Å². The van der Waals surface area contributed by atoms with Crippen LogP contribution in [0.2, 0.25) is 0 Å². The van der Waals surface area contributed by atoms with Crippen molar-refractivity contribution in [3.8, 4) is 0 Å². The van der Waals surface area contributed by atoms with Crippen molar-refractivity contribution in [2.45, 2.75) is 51.6 Å². The second kappa shape index (κ2) is 8.51. The third kappa shape index (κ3) is 4.54. The number of ether oxygens (including phenoxy) is 2. The summed E-state index contributed by atoms with van der Waals surface area (Å²) in [6, 6.07) is 3.00. The fraction of sp³-hybridized carbons (Fsp3) is 0.524. The summed E-state index contributed by atoms with van der Waals surface area (Å²) in [5.41, 5.74) is -2.12. The van der Waals surface area contributed by atoms with Gasteiger partial charge >= 0.3 is 6.18 Å². The minimum atomic E-state index is -4.83. The van der Waals surface area contributed by atoms with Crippen LogP contribution in [0.4, 0.5) is 32.2 Å². The van der Waals surface area contributed by atoms with E-state index in [1.165, 1.54) is 6.07 Å². The van der Waals surface area contributed by atoms with Crippen LogP contribution in [0.3, 0.4) is 0 Å². The van der Waals surface area contributed by atoms with E-state index in [9.17, 15) is 26.3 Å². The molecule has 1 saturated heterocycles. The van der Waals surface area contributed by atoms with Gasteiger partial charge in [0.15, 0.2) is 6.29 Å². The second-order valence-electron chi connectivity index (χ2n) is 8.02. The van der Waals surface area contributed by atoms with Crippen molar-refractivity contribution in [1.82, 2.24) is 9.97 Å². The highest BCUT2D eigenvalue weighted by atomic mass is 19.4. The van der Waals surface area contributed by atoms with Gasteiger partial charge in [-0.25, -0.2) is 23.1 Å². The fourth-order valence-corrected chi connectivity index (χ4v) is 3.76. The molecule has 5 nitrogen and oxygen atoms in total. The third-order valence-electron chi connectivity index (χ3n) is 5.70. The van der Waals surface area contributed by atoms with Crippen LogP contribution < -0.4 is 5.32 Å². The molecule has 0 atom stereocenters. The molecule has 2 fully saturated rings. The van der Waals surface area contributed by atoms with Gasteiger partial charge in [0, 0.05) is 23.9 Å². The van der Waals surface area contributed by atoms with Crippen molar-refractivity contribution >= 4 is 5.82 Å². The van der Waals surface area contributed by atoms with Crippen molar-refractivity contribution in [3.63, 3.8) is 0 Å². The Bertz CT molecular complexity index is 988. The molecule has 11 heteroatoms. The Kier molecular flexibility index (Phi) is 6.06. The Morgan fingerprint density at radius 3 is 2.44 bits per heavy atom. The zero-order valence-corrected chi connectivity index (χ0v) is 17.1. The lowest BCUT2D eigenvalue weighted by molar-refractivity contribution is -0.140. The molecule has 1 aromatic carbocycles. The number of benzene rings is 1. The van der Waals surface area contributed by atoms with E-state index in [-0.39, 0.29) is 43.4 Å². The molecule has 1 aliphatic heterocycles. The number of aromatic nitrogens is 2. The highest BCUT2D eigenvalue weighted by Crippen LogP contribution is 2.53. The molecule has 174 valence electrons. The van der Waals surface area contributed by atoms with Gasteiger partial charge in [0.1, 0.15) is 17.5 Å². The molecule has 4 rings (SSSR count). The predicted molar refractivity (Wildman–Crippen MR) is 102 cm³/mol. The van der Waals surface area contributed by atoms with Gasteiger partial charge in [0.25, 0.3) is 0 Å². The summed E-state index contributed by atoms with van der Waals surface area (Å²) >= 11 is 0. The first kappa shape index (κ1) is 22.8. The van der Waals surface area contributed by atoms with Crippen LogP contribution in [-0.4, -0.2) is 29.6 Å². The minimum absolute atomic E-state index is 0.0147. The van der Waals surface area contributed by atoms with Crippen LogP contribution in [0.15, 0.2) is 18.2 Å². The Labute approximate surface area is 180 Å². The summed E-state index contributed by atoms with van der Waals surface area (Å²) < 4.78 is 91.7. The van der Waals surface area contributed by atoms with Crippen LogP contribution in [0.5, 0.6) is 0 Å². The zero-order chi connectivity index (χ0) is 23.1. The molecule has 1 aromatic heterocycles. The molecule has 1 N–H and O–H groups in total.